The van der Waals surface area contributed by atoms with Gasteiger partial charge in [0.2, 0.25) is 0 Å². The summed E-state index contributed by atoms with van der Waals surface area (Å²) in [4.78, 5) is 0. The molecule has 0 unspecified atom stereocenters. The summed E-state index contributed by atoms with van der Waals surface area (Å²) >= 11 is 0. The van der Waals surface area contributed by atoms with Crippen LogP contribution in [0.3, 0.4) is 0 Å². The first-order chi connectivity index (χ1) is 10.2. The lowest BCUT2D eigenvalue weighted by Gasteiger charge is -1.90. The van der Waals surface area contributed by atoms with Gasteiger partial charge in [0.05, 0.1) is 0 Å². The van der Waals surface area contributed by atoms with Crippen LogP contribution in [-0.2, 0) is 0 Å². The van der Waals surface area contributed by atoms with Gasteiger partial charge in [0, 0.05) is 0 Å². The molecule has 0 atom stereocenters. The molecule has 0 aromatic rings. The fourth-order valence-corrected chi connectivity index (χ4v) is 0.167. The van der Waals surface area contributed by atoms with Gasteiger partial charge < -0.3 is 0 Å². The number of rotatable bonds is 1. The third-order valence-electron chi connectivity index (χ3n) is 2.02. The van der Waals surface area contributed by atoms with E-state index in [2.05, 4.69) is 68.2 Å². The summed E-state index contributed by atoms with van der Waals surface area (Å²) < 4.78 is 0. The molecule has 0 bridgehead atoms. The predicted molar refractivity (Wildman–Crippen MR) is 118 cm³/mol. The Morgan fingerprint density at radius 1 is 0.913 bits per heavy atom. The van der Waals surface area contributed by atoms with E-state index >= 15 is 0 Å². The summed E-state index contributed by atoms with van der Waals surface area (Å²) in [7, 11) is 0. The van der Waals surface area contributed by atoms with Gasteiger partial charge in [-0.15, -0.1) is 19.7 Å². The summed E-state index contributed by atoms with van der Waals surface area (Å²) in [6, 6.07) is 0. The Hall–Kier alpha value is -0.780. The standard InChI is InChI=1S/C5H12.C4H8.C4H10.C4H8.C3H6.C2H4.CH4/c1-4-5(2)3;1-4-2-3-4;1-4(2)3;1-3-4-2;1-3-2;1-2;/h5H,4H2,1-3H3;4H,2-3H2,1H3;4H,1-3H3;3-4H,1-2H3;3H,1H2,2H3;1-2H2;1H4/b;;;4-3-;;;. The van der Waals surface area contributed by atoms with Crippen LogP contribution in [0, 0.1) is 17.8 Å². The molecule has 1 fully saturated rings. The normalized spacial score (nSPS) is 10.6. The summed E-state index contributed by atoms with van der Waals surface area (Å²) in [5, 5.41) is 0. The predicted octanol–water partition coefficient (Wildman–Crippen LogP) is 9.34. The Morgan fingerprint density at radius 2 is 1.04 bits per heavy atom. The zero-order valence-corrected chi connectivity index (χ0v) is 17.7. The molecule has 1 rings (SSSR count). The molecule has 1 saturated carbocycles. The quantitative estimate of drug-likeness (QED) is 0.420. The van der Waals surface area contributed by atoms with Crippen molar-refractivity contribution in [3.05, 3.63) is 38.0 Å². The highest BCUT2D eigenvalue weighted by atomic mass is 14.2. The minimum atomic E-state index is 0. The highest BCUT2D eigenvalue weighted by Gasteiger charge is 2.12. The molecular formula is C23H52. The van der Waals surface area contributed by atoms with E-state index in [1.807, 2.05) is 32.9 Å². The summed E-state index contributed by atoms with van der Waals surface area (Å²) in [5.41, 5.74) is 0. The first kappa shape index (κ1) is 38.0. The van der Waals surface area contributed by atoms with Gasteiger partial charge in [-0.3, -0.25) is 0 Å². The van der Waals surface area contributed by atoms with Crippen LogP contribution in [0.15, 0.2) is 38.0 Å². The maximum absolute atomic E-state index is 3.36. The molecule has 0 N–H and O–H groups in total. The van der Waals surface area contributed by atoms with E-state index in [9.17, 15) is 0 Å². The third-order valence-corrected chi connectivity index (χ3v) is 2.02. The second kappa shape index (κ2) is 42.9. The minimum Gasteiger partial charge on any atom is -0.106 e. The van der Waals surface area contributed by atoms with E-state index in [1.54, 1.807) is 6.08 Å². The van der Waals surface area contributed by atoms with Gasteiger partial charge in [-0.2, -0.15) is 0 Å². The second-order valence-electron chi connectivity index (χ2n) is 6.29. The minimum absolute atomic E-state index is 0. The number of allylic oxidation sites excluding steroid dienone is 3. The first-order valence-electron chi connectivity index (χ1n) is 8.87. The summed E-state index contributed by atoms with van der Waals surface area (Å²) in [6.07, 6.45) is 10.0. The summed E-state index contributed by atoms with van der Waals surface area (Å²) in [5.74, 6) is 2.80. The van der Waals surface area contributed by atoms with E-state index in [-0.39, 0.29) is 7.43 Å². The van der Waals surface area contributed by atoms with Gasteiger partial charge in [-0.25, -0.2) is 0 Å². The van der Waals surface area contributed by atoms with Crippen LogP contribution < -0.4 is 0 Å². The van der Waals surface area contributed by atoms with Crippen LogP contribution in [0.1, 0.15) is 95.9 Å². The van der Waals surface area contributed by atoms with Crippen molar-refractivity contribution < 1.29 is 0 Å². The van der Waals surface area contributed by atoms with E-state index < -0.39 is 0 Å². The zero-order valence-electron chi connectivity index (χ0n) is 17.7. The molecule has 0 aliphatic heterocycles. The average molecular weight is 329 g/mol. The van der Waals surface area contributed by atoms with Crippen LogP contribution in [-0.4, -0.2) is 0 Å². The molecule has 144 valence electrons. The lowest BCUT2D eigenvalue weighted by atomic mass is 10.2. The Balaban J connectivity index is -0.0000000381. The Kier molecular flexibility index (Phi) is 70.9. The number of hydrogen-bond donors (Lipinski definition) is 0. The maximum atomic E-state index is 3.36. The molecule has 0 heteroatoms. The van der Waals surface area contributed by atoms with Gasteiger partial charge >= 0.3 is 0 Å². The topological polar surface area (TPSA) is 0 Å². The first-order valence-corrected chi connectivity index (χ1v) is 8.87. The van der Waals surface area contributed by atoms with E-state index in [1.165, 1.54) is 19.3 Å². The smallest absolute Gasteiger partial charge is 0.0443 e. The molecule has 1 aliphatic rings. The molecule has 0 heterocycles. The van der Waals surface area contributed by atoms with Crippen molar-refractivity contribution in [1.82, 2.24) is 0 Å². The molecular weight excluding hydrogens is 276 g/mol. The van der Waals surface area contributed by atoms with Crippen molar-refractivity contribution in [3.63, 3.8) is 0 Å². The van der Waals surface area contributed by atoms with Crippen molar-refractivity contribution >= 4 is 0 Å². The highest BCUT2D eigenvalue weighted by molar-refractivity contribution is 4.68. The third kappa shape index (κ3) is 288. The Morgan fingerprint density at radius 3 is 1.04 bits per heavy atom. The van der Waals surface area contributed by atoms with Gasteiger partial charge in [0.25, 0.3) is 0 Å². The van der Waals surface area contributed by atoms with Crippen molar-refractivity contribution in [2.24, 2.45) is 17.8 Å². The van der Waals surface area contributed by atoms with E-state index in [4.69, 9.17) is 0 Å². The highest BCUT2D eigenvalue weighted by Crippen LogP contribution is 2.26. The second-order valence-corrected chi connectivity index (χ2v) is 6.29. The largest absolute Gasteiger partial charge is 0.106 e. The fourth-order valence-electron chi connectivity index (χ4n) is 0.167. The average Bonchev–Trinajstić information content (AvgIpc) is 3.24. The zero-order chi connectivity index (χ0) is 19.0. The van der Waals surface area contributed by atoms with Crippen LogP contribution in [0.2, 0.25) is 0 Å². The molecule has 0 amide bonds. The maximum Gasteiger partial charge on any atom is -0.0443 e. The monoisotopic (exact) mass is 328 g/mol. The van der Waals surface area contributed by atoms with Gasteiger partial charge in [0.15, 0.2) is 0 Å². The van der Waals surface area contributed by atoms with Crippen molar-refractivity contribution in [1.29, 1.82) is 0 Å². The van der Waals surface area contributed by atoms with Gasteiger partial charge in [0.1, 0.15) is 0 Å². The molecule has 1 aliphatic carbocycles. The molecule has 0 aromatic carbocycles. The van der Waals surface area contributed by atoms with Crippen molar-refractivity contribution in [3.8, 4) is 0 Å². The lowest BCUT2D eigenvalue weighted by molar-refractivity contribution is 0.626. The van der Waals surface area contributed by atoms with Crippen LogP contribution in [0.25, 0.3) is 0 Å². The van der Waals surface area contributed by atoms with E-state index in [0.717, 1.165) is 17.8 Å². The van der Waals surface area contributed by atoms with Crippen molar-refractivity contribution in [2.75, 3.05) is 0 Å². The molecule has 0 saturated heterocycles. The molecule has 0 radical (unpaired) electrons. The lowest BCUT2D eigenvalue weighted by Crippen LogP contribution is -1.77. The summed E-state index contributed by atoms with van der Waals surface area (Å²) in [6.45, 7) is 30.7. The Bertz CT molecular complexity index is 164. The van der Waals surface area contributed by atoms with Crippen molar-refractivity contribution in [2.45, 2.75) is 95.9 Å². The van der Waals surface area contributed by atoms with E-state index in [0.29, 0.717) is 0 Å². The molecule has 0 nitrogen and oxygen atoms in total. The molecule has 23 heavy (non-hydrogen) atoms. The van der Waals surface area contributed by atoms with Crippen LogP contribution in [0.4, 0.5) is 0 Å². The van der Waals surface area contributed by atoms with Gasteiger partial charge in [-0.1, -0.05) is 93.4 Å². The van der Waals surface area contributed by atoms with Crippen LogP contribution in [0.5, 0.6) is 0 Å². The molecule has 0 spiro atoms. The van der Waals surface area contributed by atoms with Crippen LogP contribution >= 0.6 is 0 Å². The SMILES string of the molecule is C.C/C=C\C.C=C.C=CC.CC(C)C.CC1CC1.CCC(C)C. The Labute approximate surface area is 152 Å². The fraction of sp³-hybridized carbons (Fsp3) is 0.739. The molecule has 0 aromatic heterocycles. The van der Waals surface area contributed by atoms with Gasteiger partial charge in [-0.05, 0) is 38.5 Å². The number of hydrogen-bond acceptors (Lipinski definition) is 0.